The molecule has 1 aliphatic heterocycles. The van der Waals surface area contributed by atoms with Gasteiger partial charge in [0.05, 0.1) is 5.69 Å². The van der Waals surface area contributed by atoms with Crippen LogP contribution in [0.15, 0.2) is 36.7 Å². The molecule has 2 fully saturated rings. The molecule has 0 unspecified atom stereocenters. The van der Waals surface area contributed by atoms with E-state index in [4.69, 9.17) is 0 Å². The molecule has 2 aliphatic rings. The number of amides is 2. The van der Waals surface area contributed by atoms with Crippen LogP contribution in [0.4, 0.5) is 10.6 Å². The van der Waals surface area contributed by atoms with Crippen molar-refractivity contribution in [2.24, 2.45) is 0 Å². The molecule has 1 aliphatic carbocycles. The molecule has 1 N–H and O–H groups in total. The monoisotopic (exact) mass is 323 g/mol. The quantitative estimate of drug-likeness (QED) is 0.942. The standard InChI is InChI=1S/C18H21N5O/c24-18(20-17-4-3-16(21-22-17)15-1-2-15)23-11-7-14(8-12-23)13-5-9-19-10-6-13/h3-6,9-10,14-15H,1-2,7-8,11-12H2,(H,20,22,24). The molecule has 2 aromatic rings. The molecular formula is C18H21N5O. The first-order valence-electron chi connectivity index (χ1n) is 8.59. The Bertz CT molecular complexity index is 691. The average Bonchev–Trinajstić information content (AvgIpc) is 3.48. The molecule has 0 radical (unpaired) electrons. The summed E-state index contributed by atoms with van der Waals surface area (Å²) in [5.41, 5.74) is 2.35. The molecule has 24 heavy (non-hydrogen) atoms. The summed E-state index contributed by atoms with van der Waals surface area (Å²) in [5.74, 6) is 1.62. The fraction of sp³-hybridized carbons (Fsp3) is 0.444. The fourth-order valence-corrected chi connectivity index (χ4v) is 3.25. The fourth-order valence-electron chi connectivity index (χ4n) is 3.25. The number of carbonyl (C=O) groups is 1. The van der Waals surface area contributed by atoms with E-state index < -0.39 is 0 Å². The first kappa shape index (κ1) is 15.1. The number of carbonyl (C=O) groups excluding carboxylic acids is 1. The summed E-state index contributed by atoms with van der Waals surface area (Å²) in [5, 5.41) is 11.2. The summed E-state index contributed by atoms with van der Waals surface area (Å²) >= 11 is 0. The minimum atomic E-state index is -0.0864. The van der Waals surface area contributed by atoms with Crippen molar-refractivity contribution in [1.82, 2.24) is 20.1 Å². The van der Waals surface area contributed by atoms with Crippen LogP contribution < -0.4 is 5.32 Å². The van der Waals surface area contributed by atoms with Gasteiger partial charge in [0.1, 0.15) is 0 Å². The van der Waals surface area contributed by atoms with Gasteiger partial charge in [-0.2, -0.15) is 5.10 Å². The van der Waals surface area contributed by atoms with E-state index >= 15 is 0 Å². The van der Waals surface area contributed by atoms with Crippen molar-refractivity contribution in [1.29, 1.82) is 0 Å². The third-order valence-electron chi connectivity index (χ3n) is 4.88. The Morgan fingerprint density at radius 2 is 1.71 bits per heavy atom. The van der Waals surface area contributed by atoms with Gasteiger partial charge in [-0.15, -0.1) is 5.10 Å². The van der Waals surface area contributed by atoms with Gasteiger partial charge in [0, 0.05) is 31.4 Å². The summed E-state index contributed by atoms with van der Waals surface area (Å²) < 4.78 is 0. The largest absolute Gasteiger partial charge is 0.324 e. The smallest absolute Gasteiger partial charge is 0.323 e. The summed E-state index contributed by atoms with van der Waals surface area (Å²) in [6.45, 7) is 1.51. The zero-order chi connectivity index (χ0) is 16.4. The van der Waals surface area contributed by atoms with E-state index in [0.29, 0.717) is 17.7 Å². The number of nitrogens with zero attached hydrogens (tertiary/aromatic N) is 4. The topological polar surface area (TPSA) is 71.0 Å². The van der Waals surface area contributed by atoms with Crippen LogP contribution in [0.2, 0.25) is 0 Å². The summed E-state index contributed by atoms with van der Waals surface area (Å²) in [6.07, 6.45) is 8.02. The second-order valence-electron chi connectivity index (χ2n) is 6.59. The molecule has 1 saturated heterocycles. The van der Waals surface area contributed by atoms with Gasteiger partial charge in [-0.1, -0.05) is 0 Å². The second-order valence-corrected chi connectivity index (χ2v) is 6.59. The Balaban J connectivity index is 1.31. The molecule has 2 aromatic heterocycles. The second kappa shape index (κ2) is 6.55. The van der Waals surface area contributed by atoms with Crippen LogP contribution in [0, 0.1) is 0 Å². The zero-order valence-corrected chi connectivity index (χ0v) is 13.6. The number of urea groups is 1. The average molecular weight is 323 g/mol. The first-order chi connectivity index (χ1) is 11.8. The number of aromatic nitrogens is 3. The molecular weight excluding hydrogens is 302 g/mol. The number of hydrogen-bond donors (Lipinski definition) is 1. The van der Waals surface area contributed by atoms with E-state index in [9.17, 15) is 4.79 Å². The Labute approximate surface area is 141 Å². The van der Waals surface area contributed by atoms with Gasteiger partial charge >= 0.3 is 6.03 Å². The molecule has 6 heteroatoms. The van der Waals surface area contributed by atoms with Crippen LogP contribution in [-0.2, 0) is 0 Å². The Morgan fingerprint density at radius 1 is 0.958 bits per heavy atom. The summed E-state index contributed by atoms with van der Waals surface area (Å²) in [4.78, 5) is 18.3. The molecule has 0 aromatic carbocycles. The minimum absolute atomic E-state index is 0.0864. The third kappa shape index (κ3) is 3.37. The van der Waals surface area contributed by atoms with E-state index in [1.807, 2.05) is 29.4 Å². The van der Waals surface area contributed by atoms with Crippen LogP contribution in [0.25, 0.3) is 0 Å². The van der Waals surface area contributed by atoms with Gasteiger partial charge in [-0.05, 0) is 61.4 Å². The number of anilines is 1. The molecule has 0 atom stereocenters. The number of pyridine rings is 1. The molecule has 0 spiro atoms. The molecule has 1 saturated carbocycles. The Hall–Kier alpha value is -2.50. The molecule has 124 valence electrons. The van der Waals surface area contributed by atoms with Gasteiger partial charge in [0.15, 0.2) is 5.82 Å². The highest BCUT2D eigenvalue weighted by atomic mass is 16.2. The van der Waals surface area contributed by atoms with Crippen molar-refractivity contribution in [2.75, 3.05) is 18.4 Å². The molecule has 0 bridgehead atoms. The van der Waals surface area contributed by atoms with Gasteiger partial charge in [-0.25, -0.2) is 4.79 Å². The first-order valence-corrected chi connectivity index (χ1v) is 8.59. The normalized spacial score (nSPS) is 18.4. The Morgan fingerprint density at radius 3 is 2.33 bits per heavy atom. The number of hydrogen-bond acceptors (Lipinski definition) is 4. The number of piperidine rings is 1. The van der Waals surface area contributed by atoms with E-state index in [2.05, 4.69) is 32.6 Å². The maximum Gasteiger partial charge on any atom is 0.323 e. The summed E-state index contributed by atoms with van der Waals surface area (Å²) in [7, 11) is 0. The van der Waals surface area contributed by atoms with Crippen molar-refractivity contribution < 1.29 is 4.79 Å². The minimum Gasteiger partial charge on any atom is -0.324 e. The SMILES string of the molecule is O=C(Nc1ccc(C2CC2)nn1)N1CCC(c2ccncc2)CC1. The van der Waals surface area contributed by atoms with Gasteiger partial charge in [-0.3, -0.25) is 10.3 Å². The Kier molecular flexibility index (Phi) is 4.11. The highest BCUT2D eigenvalue weighted by Crippen LogP contribution is 2.38. The van der Waals surface area contributed by atoms with Gasteiger partial charge in [0.2, 0.25) is 0 Å². The number of rotatable bonds is 3. The van der Waals surface area contributed by atoms with Crippen LogP contribution >= 0.6 is 0 Å². The lowest BCUT2D eigenvalue weighted by Gasteiger charge is -2.32. The van der Waals surface area contributed by atoms with Crippen molar-refractivity contribution in [3.8, 4) is 0 Å². The van der Waals surface area contributed by atoms with Crippen molar-refractivity contribution in [3.05, 3.63) is 47.9 Å². The van der Waals surface area contributed by atoms with Gasteiger partial charge in [0.25, 0.3) is 0 Å². The van der Waals surface area contributed by atoms with Crippen molar-refractivity contribution in [2.45, 2.75) is 37.5 Å². The molecule has 2 amide bonds. The third-order valence-corrected chi connectivity index (χ3v) is 4.88. The zero-order valence-electron chi connectivity index (χ0n) is 13.6. The van der Waals surface area contributed by atoms with E-state index in [1.54, 1.807) is 0 Å². The van der Waals surface area contributed by atoms with Crippen LogP contribution in [-0.4, -0.2) is 39.2 Å². The molecule has 4 rings (SSSR count). The van der Waals surface area contributed by atoms with Crippen LogP contribution in [0.3, 0.4) is 0 Å². The van der Waals surface area contributed by atoms with Crippen molar-refractivity contribution in [3.63, 3.8) is 0 Å². The highest BCUT2D eigenvalue weighted by Gasteiger charge is 2.26. The summed E-state index contributed by atoms with van der Waals surface area (Å²) in [6, 6.07) is 7.86. The van der Waals surface area contributed by atoms with E-state index in [0.717, 1.165) is 31.6 Å². The highest BCUT2D eigenvalue weighted by molar-refractivity contribution is 5.88. The molecule has 3 heterocycles. The lowest BCUT2D eigenvalue weighted by Crippen LogP contribution is -2.40. The maximum atomic E-state index is 12.4. The molecule has 6 nitrogen and oxygen atoms in total. The van der Waals surface area contributed by atoms with E-state index in [-0.39, 0.29) is 6.03 Å². The number of likely N-dealkylation sites (tertiary alicyclic amines) is 1. The predicted molar refractivity (Wildman–Crippen MR) is 90.8 cm³/mol. The van der Waals surface area contributed by atoms with Crippen LogP contribution in [0.5, 0.6) is 0 Å². The predicted octanol–water partition coefficient (Wildman–Crippen LogP) is 3.16. The number of nitrogens with one attached hydrogen (secondary N) is 1. The maximum absolute atomic E-state index is 12.4. The van der Waals surface area contributed by atoms with Crippen LogP contribution in [0.1, 0.15) is 48.8 Å². The lowest BCUT2D eigenvalue weighted by molar-refractivity contribution is 0.194. The van der Waals surface area contributed by atoms with Crippen molar-refractivity contribution >= 4 is 11.8 Å². The lowest BCUT2D eigenvalue weighted by atomic mass is 9.90. The van der Waals surface area contributed by atoms with E-state index in [1.165, 1.54) is 18.4 Å². The van der Waals surface area contributed by atoms with Gasteiger partial charge < -0.3 is 4.90 Å².